The number of nitrogens with one attached hydrogen (secondary N) is 1. The Labute approximate surface area is 145 Å². The largest absolute Gasteiger partial charge is 0.357 e. The van der Waals surface area contributed by atoms with Gasteiger partial charge in [-0.2, -0.15) is 9.40 Å². The molecule has 9 heteroatoms. The Morgan fingerprint density at radius 2 is 2.04 bits per heavy atom. The molecular weight excluding hydrogens is 347 g/mol. The first-order valence-electron chi connectivity index (χ1n) is 7.88. The van der Waals surface area contributed by atoms with Gasteiger partial charge in [-0.15, -0.1) is 0 Å². The number of carbonyl (C=O) groups excluding carboxylic acids is 1. The third-order valence-electron chi connectivity index (χ3n) is 4.48. The van der Waals surface area contributed by atoms with Crippen LogP contribution in [0.15, 0.2) is 47.6 Å². The number of likely N-dealkylation sites (N-methyl/N-ethyl adjacent to an activating group) is 1. The molecule has 7 nitrogen and oxygen atoms in total. The maximum atomic E-state index is 13.1. The van der Waals surface area contributed by atoms with Crippen LogP contribution in [-0.4, -0.2) is 48.5 Å². The lowest BCUT2D eigenvalue weighted by Crippen LogP contribution is -2.58. The minimum atomic E-state index is -3.84. The molecule has 0 aliphatic carbocycles. The van der Waals surface area contributed by atoms with Gasteiger partial charge in [0.2, 0.25) is 15.9 Å². The zero-order chi connectivity index (χ0) is 18.1. The van der Waals surface area contributed by atoms with Crippen molar-refractivity contribution in [3.63, 3.8) is 0 Å². The lowest BCUT2D eigenvalue weighted by molar-refractivity contribution is -0.132. The molecule has 0 spiro atoms. The van der Waals surface area contributed by atoms with Gasteiger partial charge in [-0.25, -0.2) is 12.8 Å². The van der Waals surface area contributed by atoms with Crippen LogP contribution in [-0.2, 0) is 20.4 Å². The fourth-order valence-corrected chi connectivity index (χ4v) is 4.72. The highest BCUT2D eigenvalue weighted by molar-refractivity contribution is 7.89. The number of amides is 1. The minimum absolute atomic E-state index is 0.00192. The maximum Gasteiger partial charge on any atom is 0.249 e. The minimum Gasteiger partial charge on any atom is -0.357 e. The highest BCUT2D eigenvalue weighted by Gasteiger charge is 2.47. The molecule has 1 aromatic heterocycles. The summed E-state index contributed by atoms with van der Waals surface area (Å²) in [6.07, 6.45) is 4.19. The van der Waals surface area contributed by atoms with E-state index in [1.807, 2.05) is 0 Å². The number of carbonyl (C=O) groups is 1. The predicted molar refractivity (Wildman–Crippen MR) is 88.7 cm³/mol. The van der Waals surface area contributed by atoms with Gasteiger partial charge >= 0.3 is 0 Å². The molecule has 0 bridgehead atoms. The Kier molecular flexibility index (Phi) is 4.61. The molecule has 1 amide bonds. The lowest BCUT2D eigenvalue weighted by Gasteiger charge is -2.40. The molecule has 1 N–H and O–H groups in total. The van der Waals surface area contributed by atoms with E-state index in [2.05, 4.69) is 10.4 Å². The maximum absolute atomic E-state index is 13.1. The van der Waals surface area contributed by atoms with Crippen molar-refractivity contribution in [1.29, 1.82) is 0 Å². The Balaban J connectivity index is 1.99. The second-order valence-corrected chi connectivity index (χ2v) is 7.90. The van der Waals surface area contributed by atoms with Gasteiger partial charge in [0.1, 0.15) is 5.82 Å². The number of rotatable bonds is 4. The van der Waals surface area contributed by atoms with Crippen LogP contribution in [0.1, 0.15) is 12.8 Å². The highest BCUT2D eigenvalue weighted by Crippen LogP contribution is 2.32. The van der Waals surface area contributed by atoms with Crippen LogP contribution in [0.25, 0.3) is 0 Å². The van der Waals surface area contributed by atoms with Crippen molar-refractivity contribution in [2.45, 2.75) is 23.3 Å². The van der Waals surface area contributed by atoms with E-state index in [-0.39, 0.29) is 17.3 Å². The molecule has 2 heterocycles. The molecule has 1 aliphatic rings. The number of aromatic nitrogens is 2. The molecule has 0 saturated carbocycles. The van der Waals surface area contributed by atoms with Crippen molar-refractivity contribution in [1.82, 2.24) is 19.4 Å². The quantitative estimate of drug-likeness (QED) is 0.873. The second-order valence-electron chi connectivity index (χ2n) is 5.96. The molecule has 1 aromatic carbocycles. The van der Waals surface area contributed by atoms with Crippen LogP contribution in [0, 0.1) is 5.82 Å². The molecule has 0 radical (unpaired) electrons. The number of piperidine rings is 1. The van der Waals surface area contributed by atoms with Gasteiger partial charge in [0.15, 0.2) is 5.54 Å². The van der Waals surface area contributed by atoms with E-state index in [1.165, 1.54) is 28.2 Å². The SMILES string of the molecule is CNC(=O)C1(n2cccn2)CCCN(S(=O)(=O)c2ccc(F)cc2)C1. The third kappa shape index (κ3) is 3.05. The first-order chi connectivity index (χ1) is 11.9. The van der Waals surface area contributed by atoms with Gasteiger partial charge in [0, 0.05) is 32.5 Å². The number of hydrogen-bond acceptors (Lipinski definition) is 4. The first kappa shape index (κ1) is 17.6. The molecule has 1 fully saturated rings. The van der Waals surface area contributed by atoms with Crippen LogP contribution >= 0.6 is 0 Å². The molecule has 3 rings (SSSR count). The summed E-state index contributed by atoms with van der Waals surface area (Å²) in [6, 6.07) is 6.37. The summed E-state index contributed by atoms with van der Waals surface area (Å²) in [7, 11) is -2.32. The zero-order valence-electron chi connectivity index (χ0n) is 13.7. The fourth-order valence-electron chi connectivity index (χ4n) is 3.19. The van der Waals surface area contributed by atoms with Crippen molar-refractivity contribution in [2.75, 3.05) is 20.1 Å². The second kappa shape index (κ2) is 6.57. The standard InChI is InChI=1S/C16H19FN4O3S/c1-18-15(22)16(21-11-3-9-19-21)8-2-10-20(12-16)25(23,24)14-6-4-13(17)5-7-14/h3-7,9,11H,2,8,10,12H2,1H3,(H,18,22). The number of sulfonamides is 1. The zero-order valence-corrected chi connectivity index (χ0v) is 14.5. The Morgan fingerprint density at radius 3 is 2.64 bits per heavy atom. The van der Waals surface area contributed by atoms with Gasteiger partial charge in [-0.1, -0.05) is 0 Å². The molecule has 134 valence electrons. The number of halogens is 1. The molecule has 1 atom stereocenters. The van der Waals surface area contributed by atoms with Gasteiger partial charge < -0.3 is 5.32 Å². The molecule has 1 unspecified atom stereocenters. The number of hydrogen-bond donors (Lipinski definition) is 1. The summed E-state index contributed by atoms with van der Waals surface area (Å²) < 4.78 is 41.7. The van der Waals surface area contributed by atoms with Crippen molar-refractivity contribution < 1.29 is 17.6 Å². The van der Waals surface area contributed by atoms with E-state index >= 15 is 0 Å². The lowest BCUT2D eigenvalue weighted by atomic mass is 9.89. The van der Waals surface area contributed by atoms with Crippen LogP contribution in [0.2, 0.25) is 0 Å². The average molecular weight is 366 g/mol. The average Bonchev–Trinajstić information content (AvgIpc) is 3.16. The normalized spacial score (nSPS) is 21.8. The van der Waals surface area contributed by atoms with Crippen molar-refractivity contribution in [3.8, 4) is 0 Å². The van der Waals surface area contributed by atoms with E-state index in [0.717, 1.165) is 12.1 Å². The van der Waals surface area contributed by atoms with Crippen LogP contribution in [0.3, 0.4) is 0 Å². The summed E-state index contributed by atoms with van der Waals surface area (Å²) in [4.78, 5) is 12.6. The summed E-state index contributed by atoms with van der Waals surface area (Å²) >= 11 is 0. The van der Waals surface area contributed by atoms with E-state index in [0.29, 0.717) is 19.4 Å². The van der Waals surface area contributed by atoms with E-state index < -0.39 is 21.4 Å². The summed E-state index contributed by atoms with van der Waals surface area (Å²) in [5.74, 6) is -0.802. The van der Waals surface area contributed by atoms with Gasteiger partial charge in [-0.05, 0) is 43.2 Å². The monoisotopic (exact) mass is 366 g/mol. The van der Waals surface area contributed by atoms with Gasteiger partial charge in [0.05, 0.1) is 4.90 Å². The van der Waals surface area contributed by atoms with Gasteiger partial charge in [0.25, 0.3) is 0 Å². The van der Waals surface area contributed by atoms with Crippen LogP contribution in [0.4, 0.5) is 4.39 Å². The van der Waals surface area contributed by atoms with Crippen molar-refractivity contribution in [2.24, 2.45) is 0 Å². The van der Waals surface area contributed by atoms with E-state index in [1.54, 1.807) is 18.5 Å². The molecule has 25 heavy (non-hydrogen) atoms. The Morgan fingerprint density at radius 1 is 1.32 bits per heavy atom. The first-order valence-corrected chi connectivity index (χ1v) is 9.32. The Bertz CT molecular complexity index is 852. The van der Waals surface area contributed by atoms with Crippen molar-refractivity contribution >= 4 is 15.9 Å². The van der Waals surface area contributed by atoms with Crippen molar-refractivity contribution in [3.05, 3.63) is 48.5 Å². The number of benzene rings is 1. The van der Waals surface area contributed by atoms with Gasteiger partial charge in [-0.3, -0.25) is 9.48 Å². The third-order valence-corrected chi connectivity index (χ3v) is 6.34. The molecule has 1 aliphatic heterocycles. The summed E-state index contributed by atoms with van der Waals surface area (Å²) in [6.45, 7) is 0.258. The molecule has 2 aromatic rings. The predicted octanol–water partition coefficient (Wildman–Crippen LogP) is 0.948. The molecule has 1 saturated heterocycles. The van der Waals surface area contributed by atoms with Crippen LogP contribution < -0.4 is 5.32 Å². The van der Waals surface area contributed by atoms with E-state index in [9.17, 15) is 17.6 Å². The topological polar surface area (TPSA) is 84.3 Å². The smallest absolute Gasteiger partial charge is 0.249 e. The Hall–Kier alpha value is -2.26. The number of nitrogens with zero attached hydrogens (tertiary/aromatic N) is 3. The van der Waals surface area contributed by atoms with E-state index in [4.69, 9.17) is 0 Å². The summed E-state index contributed by atoms with van der Waals surface area (Å²) in [5, 5.41) is 6.78. The fraction of sp³-hybridized carbons (Fsp3) is 0.375. The summed E-state index contributed by atoms with van der Waals surface area (Å²) in [5.41, 5.74) is -1.11. The molecular formula is C16H19FN4O3S. The van der Waals surface area contributed by atoms with Crippen LogP contribution in [0.5, 0.6) is 0 Å². The highest BCUT2D eigenvalue weighted by atomic mass is 32.2.